The summed E-state index contributed by atoms with van der Waals surface area (Å²) in [5.41, 5.74) is 0.994. The van der Waals surface area contributed by atoms with Gasteiger partial charge in [-0.1, -0.05) is 29.5 Å². The van der Waals surface area contributed by atoms with Gasteiger partial charge in [0.25, 0.3) is 11.2 Å². The molecular weight excluding hydrogens is 438 g/mol. The number of nitrogens with zero attached hydrogens (tertiary/aromatic N) is 3. The molecular formula is C21H17N3O5S2. The van der Waals surface area contributed by atoms with E-state index in [-0.39, 0.29) is 17.9 Å². The molecule has 4 rings (SSSR count). The number of fused-ring (bicyclic) bond motifs is 1. The topological polar surface area (TPSA) is 104 Å². The van der Waals surface area contributed by atoms with E-state index in [2.05, 4.69) is 4.99 Å². The Labute approximate surface area is 184 Å². The van der Waals surface area contributed by atoms with Crippen LogP contribution in [0, 0.1) is 10.1 Å². The Hall–Kier alpha value is -3.37. The van der Waals surface area contributed by atoms with Gasteiger partial charge in [0.2, 0.25) is 0 Å². The lowest BCUT2D eigenvalue weighted by atomic mass is 10.0. The summed E-state index contributed by atoms with van der Waals surface area (Å²) in [6.07, 6.45) is 1.60. The number of thiophene rings is 1. The van der Waals surface area contributed by atoms with Crippen molar-refractivity contribution >= 4 is 40.4 Å². The average molecular weight is 456 g/mol. The molecule has 1 aliphatic rings. The number of rotatable bonds is 5. The highest BCUT2D eigenvalue weighted by Crippen LogP contribution is 2.33. The zero-order valence-electron chi connectivity index (χ0n) is 16.6. The molecule has 0 unspecified atom stereocenters. The summed E-state index contributed by atoms with van der Waals surface area (Å²) >= 11 is 2.62. The van der Waals surface area contributed by atoms with Crippen LogP contribution in [0.1, 0.15) is 30.3 Å². The maximum absolute atomic E-state index is 13.4. The highest BCUT2D eigenvalue weighted by Gasteiger charge is 2.33. The van der Waals surface area contributed by atoms with Gasteiger partial charge in [0.1, 0.15) is 6.04 Å². The molecule has 0 spiro atoms. The van der Waals surface area contributed by atoms with Gasteiger partial charge in [-0.3, -0.25) is 19.5 Å². The number of ether oxygens (including phenoxy) is 1. The van der Waals surface area contributed by atoms with E-state index in [0.29, 0.717) is 26.2 Å². The molecule has 0 bridgehead atoms. The minimum absolute atomic E-state index is 0.0570. The molecule has 0 amide bonds. The predicted molar refractivity (Wildman–Crippen MR) is 118 cm³/mol. The van der Waals surface area contributed by atoms with Gasteiger partial charge in [0.05, 0.1) is 27.3 Å². The van der Waals surface area contributed by atoms with Crippen LogP contribution in [0.3, 0.4) is 0 Å². The molecule has 8 nitrogen and oxygen atoms in total. The van der Waals surface area contributed by atoms with E-state index in [9.17, 15) is 19.7 Å². The van der Waals surface area contributed by atoms with Crippen LogP contribution in [0.2, 0.25) is 0 Å². The van der Waals surface area contributed by atoms with Crippen LogP contribution in [0.5, 0.6) is 0 Å². The van der Waals surface area contributed by atoms with E-state index in [0.717, 1.165) is 4.88 Å². The second-order valence-electron chi connectivity index (χ2n) is 6.67. The Morgan fingerprint density at radius 3 is 2.84 bits per heavy atom. The summed E-state index contributed by atoms with van der Waals surface area (Å²) in [6.45, 7) is 3.66. The van der Waals surface area contributed by atoms with Crippen LogP contribution in [-0.4, -0.2) is 22.1 Å². The number of non-ortho nitro benzene ring substituents is 1. The zero-order chi connectivity index (χ0) is 22.1. The molecule has 0 N–H and O–H groups in total. The van der Waals surface area contributed by atoms with E-state index in [1.54, 1.807) is 32.1 Å². The van der Waals surface area contributed by atoms with E-state index in [1.165, 1.54) is 39.4 Å². The maximum Gasteiger partial charge on any atom is 0.338 e. The summed E-state index contributed by atoms with van der Waals surface area (Å²) in [4.78, 5) is 42.4. The van der Waals surface area contributed by atoms with Gasteiger partial charge in [0.15, 0.2) is 4.80 Å². The fourth-order valence-corrected chi connectivity index (χ4v) is 5.26. The van der Waals surface area contributed by atoms with Crippen LogP contribution < -0.4 is 14.9 Å². The van der Waals surface area contributed by atoms with Crippen molar-refractivity contribution in [2.45, 2.75) is 19.9 Å². The number of thiazole rings is 1. The number of aromatic nitrogens is 1. The summed E-state index contributed by atoms with van der Waals surface area (Å²) in [7, 11) is 0. The molecule has 0 aliphatic carbocycles. The summed E-state index contributed by atoms with van der Waals surface area (Å²) < 4.78 is 7.11. The Balaban J connectivity index is 1.92. The molecule has 3 aromatic rings. The van der Waals surface area contributed by atoms with Gasteiger partial charge >= 0.3 is 5.97 Å². The number of nitro groups is 1. The maximum atomic E-state index is 13.4. The fourth-order valence-electron chi connectivity index (χ4n) is 3.39. The molecule has 31 heavy (non-hydrogen) atoms. The molecule has 1 aromatic carbocycles. The van der Waals surface area contributed by atoms with Crippen molar-refractivity contribution in [2.24, 2.45) is 4.99 Å². The van der Waals surface area contributed by atoms with Crippen LogP contribution in [0.4, 0.5) is 5.69 Å². The Kier molecular flexibility index (Phi) is 5.66. The number of esters is 1. The predicted octanol–water partition coefficient (Wildman–Crippen LogP) is 2.77. The minimum atomic E-state index is -0.637. The molecule has 3 heterocycles. The normalized spacial score (nSPS) is 16.1. The first-order valence-electron chi connectivity index (χ1n) is 9.38. The highest BCUT2D eigenvalue weighted by atomic mass is 32.1. The van der Waals surface area contributed by atoms with E-state index >= 15 is 0 Å². The second kappa shape index (κ2) is 8.40. The van der Waals surface area contributed by atoms with Crippen molar-refractivity contribution in [3.05, 3.63) is 93.3 Å². The van der Waals surface area contributed by atoms with Crippen molar-refractivity contribution in [2.75, 3.05) is 6.61 Å². The van der Waals surface area contributed by atoms with E-state index < -0.39 is 16.9 Å². The number of allylic oxidation sites excluding steroid dienone is 1. The minimum Gasteiger partial charge on any atom is -0.463 e. The van der Waals surface area contributed by atoms with Gasteiger partial charge in [-0.05, 0) is 36.9 Å². The van der Waals surface area contributed by atoms with Crippen LogP contribution in [-0.2, 0) is 9.53 Å². The third kappa shape index (κ3) is 3.87. The molecule has 0 fully saturated rings. The lowest BCUT2D eigenvalue weighted by molar-refractivity contribution is -0.384. The Morgan fingerprint density at radius 1 is 1.35 bits per heavy atom. The lowest BCUT2D eigenvalue weighted by Crippen LogP contribution is -2.39. The second-order valence-corrected chi connectivity index (χ2v) is 8.66. The summed E-state index contributed by atoms with van der Waals surface area (Å²) in [5.74, 6) is -0.505. The van der Waals surface area contributed by atoms with Crippen LogP contribution in [0.25, 0.3) is 6.08 Å². The van der Waals surface area contributed by atoms with Gasteiger partial charge in [-0.25, -0.2) is 9.79 Å². The average Bonchev–Trinajstić information content (AvgIpc) is 3.36. The number of hydrogen-bond acceptors (Lipinski definition) is 8. The number of benzene rings is 1. The summed E-state index contributed by atoms with van der Waals surface area (Å²) in [5, 5.41) is 12.9. The molecule has 0 saturated heterocycles. The van der Waals surface area contributed by atoms with Crippen LogP contribution in [0.15, 0.2) is 62.8 Å². The van der Waals surface area contributed by atoms with Gasteiger partial charge in [0, 0.05) is 17.0 Å². The first kappa shape index (κ1) is 20.9. The zero-order valence-corrected chi connectivity index (χ0v) is 18.2. The quantitative estimate of drug-likeness (QED) is 0.334. The van der Waals surface area contributed by atoms with Gasteiger partial charge in [-0.15, -0.1) is 11.3 Å². The van der Waals surface area contributed by atoms with E-state index in [1.807, 2.05) is 17.5 Å². The Bertz CT molecular complexity index is 1380. The standard InChI is InChI=1S/C21H17N3O5S2/c1-3-29-20(26)17-12(2)22-21-23(18(17)15-8-5-9-30-15)19(25)16(31-21)11-13-6-4-7-14(10-13)24(27)28/h4-11,18H,3H2,1-2H3/b16-11-/t18-/m1/s1. The van der Waals surface area contributed by atoms with Crippen molar-refractivity contribution in [1.29, 1.82) is 0 Å². The third-order valence-electron chi connectivity index (χ3n) is 4.71. The fraction of sp³-hybridized carbons (Fsp3) is 0.190. The number of carbonyl (C=O) groups excluding carboxylic acids is 1. The lowest BCUT2D eigenvalue weighted by Gasteiger charge is -2.23. The van der Waals surface area contributed by atoms with Gasteiger partial charge < -0.3 is 4.74 Å². The van der Waals surface area contributed by atoms with E-state index in [4.69, 9.17) is 4.74 Å². The number of carbonyl (C=O) groups is 1. The number of hydrogen-bond donors (Lipinski definition) is 0. The molecule has 2 aromatic heterocycles. The molecule has 1 aliphatic heterocycles. The van der Waals surface area contributed by atoms with Crippen molar-refractivity contribution in [3.8, 4) is 0 Å². The Morgan fingerprint density at radius 2 is 2.16 bits per heavy atom. The van der Waals surface area contributed by atoms with Crippen molar-refractivity contribution < 1.29 is 14.5 Å². The van der Waals surface area contributed by atoms with Crippen LogP contribution >= 0.6 is 22.7 Å². The number of nitro benzene ring substituents is 1. The SMILES string of the molecule is CCOC(=O)C1=C(C)N=c2s/c(=C\c3cccc([N+](=O)[O-])c3)c(=O)n2[C@@H]1c1cccs1. The highest BCUT2D eigenvalue weighted by molar-refractivity contribution is 7.10. The molecule has 0 saturated carbocycles. The molecule has 0 radical (unpaired) electrons. The van der Waals surface area contributed by atoms with Gasteiger partial charge in [-0.2, -0.15) is 0 Å². The first-order valence-corrected chi connectivity index (χ1v) is 11.1. The summed E-state index contributed by atoms with van der Waals surface area (Å²) in [6, 6.07) is 9.15. The molecule has 1 atom stereocenters. The molecule has 10 heteroatoms. The third-order valence-corrected chi connectivity index (χ3v) is 6.62. The molecule has 158 valence electrons. The first-order chi connectivity index (χ1) is 14.9. The monoisotopic (exact) mass is 455 g/mol. The van der Waals surface area contributed by atoms with Crippen molar-refractivity contribution in [3.63, 3.8) is 0 Å². The smallest absolute Gasteiger partial charge is 0.338 e. The van der Waals surface area contributed by atoms with Crippen molar-refractivity contribution in [1.82, 2.24) is 4.57 Å². The largest absolute Gasteiger partial charge is 0.463 e.